The van der Waals surface area contributed by atoms with E-state index >= 15 is 0 Å². The third kappa shape index (κ3) is 3.47. The number of hydrogen-bond donors (Lipinski definition) is 1. The molecule has 1 aromatic heterocycles. The first-order chi connectivity index (χ1) is 14.4. The number of anilines is 1. The van der Waals surface area contributed by atoms with Gasteiger partial charge in [-0.1, -0.05) is 0 Å². The van der Waals surface area contributed by atoms with Gasteiger partial charge < -0.3 is 14.7 Å². The quantitative estimate of drug-likeness (QED) is 0.440. The van der Waals surface area contributed by atoms with E-state index in [-0.39, 0.29) is 26.9 Å². The number of ketones is 1. The summed E-state index contributed by atoms with van der Waals surface area (Å²) in [5.74, 6) is -1.02. The average molecular weight is 429 g/mol. The molecule has 3 heterocycles. The largest absolute Gasteiger partial charge is 0.342 e. The highest BCUT2D eigenvalue weighted by molar-refractivity contribution is 8.17. The predicted molar refractivity (Wildman–Crippen MR) is 114 cm³/mol. The Hall–Kier alpha value is -2.79. The van der Waals surface area contributed by atoms with Crippen LogP contribution in [0.2, 0.25) is 0 Å². The van der Waals surface area contributed by atoms with Gasteiger partial charge in [-0.2, -0.15) is 10.5 Å². The maximum absolute atomic E-state index is 13.5. The van der Waals surface area contributed by atoms with E-state index in [9.17, 15) is 18.4 Å². The summed E-state index contributed by atoms with van der Waals surface area (Å²) in [6, 6.07) is 3.17. The van der Waals surface area contributed by atoms with Crippen molar-refractivity contribution >= 4 is 32.9 Å². The fourth-order valence-corrected chi connectivity index (χ4v) is 6.46. The summed E-state index contributed by atoms with van der Waals surface area (Å²) in [6.45, 7) is 9.91. The molecule has 0 bridgehead atoms. The van der Waals surface area contributed by atoms with Crippen molar-refractivity contribution in [2.45, 2.75) is 39.2 Å². The van der Waals surface area contributed by atoms with Crippen LogP contribution < -0.4 is 5.32 Å². The maximum atomic E-state index is 13.5. The SMILES string of the molecule is [C-]#[N+]C(C(=O)c1c(C)c(C(=O)Nc2ccc(F)c(F)c2)c2n1CCC2)=S1CCCC1. The second-order valence-corrected chi connectivity index (χ2v) is 9.68. The van der Waals surface area contributed by atoms with Crippen molar-refractivity contribution in [3.05, 3.63) is 63.8 Å². The van der Waals surface area contributed by atoms with Gasteiger partial charge in [-0.3, -0.25) is 4.79 Å². The summed E-state index contributed by atoms with van der Waals surface area (Å²) >= 11 is 0. The minimum Gasteiger partial charge on any atom is -0.342 e. The van der Waals surface area contributed by atoms with Gasteiger partial charge in [-0.25, -0.2) is 13.6 Å². The number of benzene rings is 1. The fraction of sp³-hybridized carbons (Fsp3) is 0.364. The highest BCUT2D eigenvalue weighted by Crippen LogP contribution is 2.33. The number of Topliss-reactive ketones (excluding diaryl/α,β-unsaturated/α-hetero) is 1. The lowest BCUT2D eigenvalue weighted by atomic mass is 10.0. The number of hydrogen-bond acceptors (Lipinski definition) is 2. The van der Waals surface area contributed by atoms with Crippen molar-refractivity contribution in [3.8, 4) is 0 Å². The molecule has 2 aliphatic rings. The fourth-order valence-electron chi connectivity index (χ4n) is 4.28. The molecule has 30 heavy (non-hydrogen) atoms. The molecule has 1 fully saturated rings. The summed E-state index contributed by atoms with van der Waals surface area (Å²) in [7, 11) is -0.316. The Labute approximate surface area is 175 Å². The molecule has 156 valence electrons. The lowest BCUT2D eigenvalue weighted by Gasteiger charge is -2.09. The number of carbonyl (C=O) groups is 2. The number of halogens is 2. The second-order valence-electron chi connectivity index (χ2n) is 7.49. The van der Waals surface area contributed by atoms with Crippen LogP contribution in [0.3, 0.4) is 0 Å². The molecule has 8 heteroatoms. The highest BCUT2D eigenvalue weighted by Gasteiger charge is 2.33. The van der Waals surface area contributed by atoms with Crippen LogP contribution in [0.25, 0.3) is 4.85 Å². The minimum atomic E-state index is -1.05. The van der Waals surface area contributed by atoms with Gasteiger partial charge in [0.15, 0.2) is 11.6 Å². The van der Waals surface area contributed by atoms with Gasteiger partial charge in [0.1, 0.15) is 0 Å². The average Bonchev–Trinajstić information content (AvgIpc) is 3.43. The molecule has 0 spiro atoms. The van der Waals surface area contributed by atoms with Gasteiger partial charge in [0.25, 0.3) is 10.9 Å². The zero-order valence-corrected chi connectivity index (χ0v) is 17.4. The Morgan fingerprint density at radius 2 is 1.90 bits per heavy atom. The Morgan fingerprint density at radius 1 is 1.17 bits per heavy atom. The molecule has 5 nitrogen and oxygen atoms in total. The Morgan fingerprint density at radius 3 is 2.57 bits per heavy atom. The smallest absolute Gasteiger partial charge is 0.261 e. The second kappa shape index (κ2) is 8.15. The highest BCUT2D eigenvalue weighted by atomic mass is 32.2. The molecule has 2 aromatic rings. The van der Waals surface area contributed by atoms with Crippen molar-refractivity contribution < 1.29 is 18.4 Å². The van der Waals surface area contributed by atoms with E-state index in [2.05, 4.69) is 10.2 Å². The Balaban J connectivity index is 1.73. The van der Waals surface area contributed by atoms with Crippen LogP contribution in [-0.2, 0) is 13.0 Å². The molecule has 0 atom stereocenters. The topological polar surface area (TPSA) is 55.5 Å². The molecule has 1 amide bonds. The van der Waals surface area contributed by atoms with E-state index in [4.69, 9.17) is 6.57 Å². The standard InChI is InChI=1S/C22H21F2N3O2S/c1-13-18(21(29)26-14-7-8-15(23)16(24)12-14)17-6-5-9-27(17)19(13)20(28)22(25-2)30-10-3-4-11-30/h7-8,12H,3-6,9-11H2,1H3,(H,26,29). The first kappa shape index (κ1) is 20.5. The molecular weight excluding hydrogens is 408 g/mol. The third-order valence-electron chi connectivity index (χ3n) is 5.63. The lowest BCUT2D eigenvalue weighted by Crippen LogP contribution is -2.17. The van der Waals surface area contributed by atoms with E-state index in [1.54, 1.807) is 6.92 Å². The molecule has 0 radical (unpaired) electrons. The van der Waals surface area contributed by atoms with Crippen LogP contribution >= 0.6 is 10.5 Å². The van der Waals surface area contributed by atoms with Gasteiger partial charge in [0.2, 0.25) is 5.78 Å². The summed E-state index contributed by atoms with van der Waals surface area (Å²) in [5.41, 5.74) is 2.25. The summed E-state index contributed by atoms with van der Waals surface area (Å²) in [6.07, 6.45) is 3.51. The van der Waals surface area contributed by atoms with Gasteiger partial charge in [-0.05, 0) is 61.8 Å². The molecule has 0 saturated carbocycles. The van der Waals surface area contributed by atoms with Crippen molar-refractivity contribution in [1.82, 2.24) is 4.57 Å². The lowest BCUT2D eigenvalue weighted by molar-refractivity contribution is 0.102. The number of amides is 1. The number of nitrogens with one attached hydrogen (secondary N) is 1. The Kier molecular flexibility index (Phi) is 5.56. The van der Waals surface area contributed by atoms with Crippen LogP contribution in [0.4, 0.5) is 14.5 Å². The van der Waals surface area contributed by atoms with E-state index in [0.717, 1.165) is 48.6 Å². The zero-order valence-electron chi connectivity index (χ0n) is 16.6. The summed E-state index contributed by atoms with van der Waals surface area (Å²) in [5, 5.41) is 2.61. The molecule has 1 N–H and O–H groups in total. The molecular formula is C22H21F2N3O2S. The first-order valence-corrected chi connectivity index (χ1v) is 11.4. The van der Waals surface area contributed by atoms with Gasteiger partial charge in [0, 0.05) is 24.0 Å². The number of carbonyl (C=O) groups excluding carboxylic acids is 2. The van der Waals surface area contributed by atoms with Crippen molar-refractivity contribution in [2.75, 3.05) is 16.8 Å². The number of rotatable bonds is 4. The molecule has 0 unspecified atom stereocenters. The van der Waals surface area contributed by atoms with Crippen molar-refractivity contribution in [3.63, 3.8) is 0 Å². The molecule has 2 aliphatic heterocycles. The third-order valence-corrected chi connectivity index (χ3v) is 8.02. The number of fused-ring (bicyclic) bond motifs is 1. The van der Waals surface area contributed by atoms with Crippen molar-refractivity contribution in [1.29, 1.82) is 0 Å². The maximum Gasteiger partial charge on any atom is 0.261 e. The Bertz CT molecular complexity index is 1140. The van der Waals surface area contributed by atoms with Crippen molar-refractivity contribution in [2.24, 2.45) is 0 Å². The number of aromatic nitrogens is 1. The monoisotopic (exact) mass is 429 g/mol. The molecule has 4 rings (SSSR count). The van der Waals surface area contributed by atoms with E-state index in [0.29, 0.717) is 29.8 Å². The predicted octanol–water partition coefficient (Wildman–Crippen LogP) is 4.57. The van der Waals surface area contributed by atoms with Crippen LogP contribution in [0.15, 0.2) is 18.2 Å². The number of nitrogens with zero attached hydrogens (tertiary/aromatic N) is 2. The van der Waals surface area contributed by atoms with Crippen LogP contribution in [0.5, 0.6) is 0 Å². The minimum absolute atomic E-state index is 0.143. The van der Waals surface area contributed by atoms with Gasteiger partial charge in [-0.15, -0.1) is 0 Å². The summed E-state index contributed by atoms with van der Waals surface area (Å²) in [4.78, 5) is 30.2. The van der Waals surface area contributed by atoms with E-state index in [1.165, 1.54) is 6.07 Å². The molecule has 1 saturated heterocycles. The van der Waals surface area contributed by atoms with Crippen LogP contribution in [0.1, 0.15) is 51.4 Å². The van der Waals surface area contributed by atoms with Crippen LogP contribution in [0, 0.1) is 25.1 Å². The zero-order chi connectivity index (χ0) is 21.4. The van der Waals surface area contributed by atoms with Gasteiger partial charge in [0.05, 0.1) is 17.8 Å². The van der Waals surface area contributed by atoms with Crippen LogP contribution in [-0.4, -0.2) is 32.8 Å². The van der Waals surface area contributed by atoms with E-state index in [1.807, 2.05) is 4.57 Å². The van der Waals surface area contributed by atoms with E-state index < -0.39 is 17.5 Å². The van der Waals surface area contributed by atoms with Gasteiger partial charge >= 0.3 is 0 Å². The molecule has 1 aromatic carbocycles. The molecule has 0 aliphatic carbocycles. The summed E-state index contributed by atoms with van der Waals surface area (Å²) < 4.78 is 28.6. The first-order valence-electron chi connectivity index (χ1n) is 9.87. The normalized spacial score (nSPS) is 15.7.